The standard InChI is InChI=1S/C38H42N4O2/c1-26(20-21-29(27-12-6-4-7-13-27)31-24-40-33-16-10-18-35(43-2)37(31)33)42(39)23-22-30(28-14-8-5-9-15-28)32-25-41-34-17-11-19-36(44-3)38(32)34/h4-19,24-26,29-30,40-41H,20-23,39H2,1-3H3/t26-,29?,30?/m0/s1. The Morgan fingerprint density at radius 3 is 1.57 bits per heavy atom. The van der Waals surface area contributed by atoms with E-state index in [0.29, 0.717) is 0 Å². The van der Waals surface area contributed by atoms with Gasteiger partial charge in [0.1, 0.15) is 11.5 Å². The number of benzene rings is 4. The van der Waals surface area contributed by atoms with Crippen molar-refractivity contribution in [3.8, 4) is 11.5 Å². The van der Waals surface area contributed by atoms with Crippen molar-refractivity contribution >= 4 is 21.8 Å². The normalized spacial score (nSPS) is 13.8. The molecule has 6 rings (SSSR count). The molecule has 2 unspecified atom stereocenters. The second-order valence-electron chi connectivity index (χ2n) is 11.6. The molecule has 0 radical (unpaired) electrons. The van der Waals surface area contributed by atoms with Gasteiger partial charge in [-0.25, -0.2) is 5.01 Å². The van der Waals surface area contributed by atoms with Crippen molar-refractivity contribution < 1.29 is 9.47 Å². The number of nitrogens with one attached hydrogen (secondary N) is 2. The minimum absolute atomic E-state index is 0.176. The van der Waals surface area contributed by atoms with Gasteiger partial charge in [0.05, 0.1) is 14.2 Å². The van der Waals surface area contributed by atoms with Crippen LogP contribution in [0.1, 0.15) is 60.3 Å². The molecule has 0 aliphatic heterocycles. The van der Waals surface area contributed by atoms with E-state index in [4.69, 9.17) is 15.3 Å². The first-order chi connectivity index (χ1) is 21.6. The van der Waals surface area contributed by atoms with Crippen LogP contribution in [0.5, 0.6) is 11.5 Å². The van der Waals surface area contributed by atoms with E-state index in [0.717, 1.165) is 59.1 Å². The van der Waals surface area contributed by atoms with E-state index in [1.54, 1.807) is 14.2 Å². The number of ether oxygens (including phenoxy) is 2. The monoisotopic (exact) mass is 586 g/mol. The Balaban J connectivity index is 1.21. The third-order valence-electron chi connectivity index (χ3n) is 9.11. The van der Waals surface area contributed by atoms with Gasteiger partial charge in [0.2, 0.25) is 0 Å². The molecular weight excluding hydrogens is 544 g/mol. The predicted molar refractivity (Wildman–Crippen MR) is 180 cm³/mol. The number of methoxy groups -OCH3 is 2. The topological polar surface area (TPSA) is 79.3 Å². The highest BCUT2D eigenvalue weighted by Crippen LogP contribution is 2.40. The molecular formula is C38H42N4O2. The number of hydrogen-bond acceptors (Lipinski definition) is 4. The van der Waals surface area contributed by atoms with Gasteiger partial charge in [0.25, 0.3) is 0 Å². The number of nitrogens with two attached hydrogens (primary N) is 1. The third kappa shape index (κ3) is 5.96. The van der Waals surface area contributed by atoms with Crippen LogP contribution in [-0.4, -0.2) is 41.8 Å². The Bertz CT molecular complexity index is 1660. The molecule has 0 saturated carbocycles. The summed E-state index contributed by atoms with van der Waals surface area (Å²) in [4.78, 5) is 6.95. The Morgan fingerprint density at radius 1 is 0.614 bits per heavy atom. The first kappa shape index (κ1) is 29.5. The molecule has 0 saturated heterocycles. The van der Waals surface area contributed by atoms with Crippen molar-refractivity contribution in [2.45, 2.75) is 44.1 Å². The summed E-state index contributed by atoms with van der Waals surface area (Å²) in [6.45, 7) is 3.00. The molecule has 6 aromatic rings. The highest BCUT2D eigenvalue weighted by molar-refractivity contribution is 5.91. The number of fused-ring (bicyclic) bond motifs is 2. The molecule has 44 heavy (non-hydrogen) atoms. The summed E-state index contributed by atoms with van der Waals surface area (Å²) in [5.41, 5.74) is 7.25. The smallest absolute Gasteiger partial charge is 0.128 e. The van der Waals surface area contributed by atoms with Gasteiger partial charge in [0, 0.05) is 58.6 Å². The second kappa shape index (κ2) is 13.4. The molecule has 4 aromatic carbocycles. The summed E-state index contributed by atoms with van der Waals surface area (Å²) in [7, 11) is 3.48. The Hall–Kier alpha value is -4.52. The quantitative estimate of drug-likeness (QED) is 0.0938. The fourth-order valence-electron chi connectivity index (χ4n) is 6.69. The van der Waals surface area contributed by atoms with E-state index in [1.165, 1.54) is 22.3 Å². The number of rotatable bonds is 13. The molecule has 3 atom stereocenters. The number of hydrazine groups is 1. The maximum Gasteiger partial charge on any atom is 0.128 e. The van der Waals surface area contributed by atoms with Crippen LogP contribution < -0.4 is 15.3 Å². The molecule has 6 heteroatoms. The molecule has 226 valence electrons. The molecule has 0 bridgehead atoms. The van der Waals surface area contributed by atoms with Crippen LogP contribution in [0.3, 0.4) is 0 Å². The zero-order valence-corrected chi connectivity index (χ0v) is 25.8. The van der Waals surface area contributed by atoms with Gasteiger partial charge in [0.15, 0.2) is 0 Å². The summed E-state index contributed by atoms with van der Waals surface area (Å²) in [5.74, 6) is 9.00. The number of hydrogen-bond donors (Lipinski definition) is 3. The van der Waals surface area contributed by atoms with Crippen molar-refractivity contribution in [2.24, 2.45) is 5.84 Å². The molecule has 0 aliphatic rings. The average molecular weight is 587 g/mol. The van der Waals surface area contributed by atoms with Crippen LogP contribution in [0, 0.1) is 0 Å². The molecule has 0 spiro atoms. The number of aromatic amines is 2. The summed E-state index contributed by atoms with van der Waals surface area (Å²) in [6, 6.07) is 34.0. The zero-order chi connectivity index (χ0) is 30.5. The molecule has 2 aromatic heterocycles. The SMILES string of the molecule is COc1cccc2[nH]cc(C(CC[C@H](C)N(N)CCC(c3ccccc3)c3c[nH]c4cccc(OC)c34)c3ccccc3)c12. The van der Waals surface area contributed by atoms with E-state index >= 15 is 0 Å². The first-order valence-corrected chi connectivity index (χ1v) is 15.5. The Labute approximate surface area is 259 Å². The molecule has 0 fully saturated rings. The van der Waals surface area contributed by atoms with E-state index in [9.17, 15) is 0 Å². The van der Waals surface area contributed by atoms with Crippen molar-refractivity contribution in [1.82, 2.24) is 15.0 Å². The van der Waals surface area contributed by atoms with Gasteiger partial charge in [-0.2, -0.15) is 0 Å². The highest BCUT2D eigenvalue weighted by Gasteiger charge is 2.24. The fraction of sp³-hybridized carbons (Fsp3) is 0.263. The maximum absolute atomic E-state index is 6.82. The van der Waals surface area contributed by atoms with Gasteiger partial charge >= 0.3 is 0 Å². The minimum Gasteiger partial charge on any atom is -0.496 e. The van der Waals surface area contributed by atoms with Crippen molar-refractivity contribution in [2.75, 3.05) is 20.8 Å². The predicted octanol–water partition coefficient (Wildman–Crippen LogP) is 8.36. The number of nitrogens with zero attached hydrogens (tertiary/aromatic N) is 1. The molecule has 6 nitrogen and oxygen atoms in total. The Morgan fingerprint density at radius 2 is 1.09 bits per heavy atom. The van der Waals surface area contributed by atoms with Crippen molar-refractivity contribution in [3.63, 3.8) is 0 Å². The van der Waals surface area contributed by atoms with Crippen LogP contribution in [0.25, 0.3) is 21.8 Å². The zero-order valence-electron chi connectivity index (χ0n) is 25.8. The molecule has 0 amide bonds. The van der Waals surface area contributed by atoms with E-state index < -0.39 is 0 Å². The summed E-state index contributed by atoms with van der Waals surface area (Å²) >= 11 is 0. The summed E-state index contributed by atoms with van der Waals surface area (Å²) in [5, 5.41) is 4.32. The van der Waals surface area contributed by atoms with Crippen molar-refractivity contribution in [3.05, 3.63) is 132 Å². The van der Waals surface area contributed by atoms with Gasteiger partial charge in [-0.3, -0.25) is 5.84 Å². The van der Waals surface area contributed by atoms with Crippen molar-refractivity contribution in [1.29, 1.82) is 0 Å². The van der Waals surface area contributed by atoms with Crippen LogP contribution >= 0.6 is 0 Å². The lowest BCUT2D eigenvalue weighted by molar-refractivity contribution is 0.195. The average Bonchev–Trinajstić information content (AvgIpc) is 3.71. The lowest BCUT2D eigenvalue weighted by atomic mass is 9.85. The van der Waals surface area contributed by atoms with Gasteiger partial charge in [-0.15, -0.1) is 0 Å². The van der Waals surface area contributed by atoms with Gasteiger partial charge in [-0.1, -0.05) is 72.8 Å². The lowest BCUT2D eigenvalue weighted by Gasteiger charge is -2.28. The number of aromatic nitrogens is 2. The van der Waals surface area contributed by atoms with Crippen LogP contribution in [0.2, 0.25) is 0 Å². The van der Waals surface area contributed by atoms with E-state index in [2.05, 4.69) is 102 Å². The Kier molecular flexibility index (Phi) is 9.01. The van der Waals surface area contributed by atoms with Crippen LogP contribution in [-0.2, 0) is 0 Å². The second-order valence-corrected chi connectivity index (χ2v) is 11.6. The first-order valence-electron chi connectivity index (χ1n) is 15.5. The summed E-state index contributed by atoms with van der Waals surface area (Å²) in [6.07, 6.45) is 7.09. The van der Waals surface area contributed by atoms with E-state index in [-0.39, 0.29) is 17.9 Å². The maximum atomic E-state index is 6.82. The number of H-pyrrole nitrogens is 2. The third-order valence-corrected chi connectivity index (χ3v) is 9.11. The van der Waals surface area contributed by atoms with Crippen LogP contribution in [0.15, 0.2) is 109 Å². The summed E-state index contributed by atoms with van der Waals surface area (Å²) < 4.78 is 11.6. The molecule has 2 heterocycles. The highest BCUT2D eigenvalue weighted by atomic mass is 16.5. The van der Waals surface area contributed by atoms with E-state index in [1.807, 2.05) is 29.3 Å². The minimum atomic E-state index is 0.176. The van der Waals surface area contributed by atoms with Crippen LogP contribution in [0.4, 0.5) is 0 Å². The fourth-order valence-corrected chi connectivity index (χ4v) is 6.69. The largest absolute Gasteiger partial charge is 0.496 e. The molecule has 0 aliphatic carbocycles. The molecule has 4 N–H and O–H groups in total. The van der Waals surface area contributed by atoms with Gasteiger partial charge < -0.3 is 19.4 Å². The lowest BCUT2D eigenvalue weighted by Crippen LogP contribution is -2.40. The van der Waals surface area contributed by atoms with Gasteiger partial charge in [-0.05, 0) is 72.7 Å².